The van der Waals surface area contributed by atoms with E-state index in [-0.39, 0.29) is 23.9 Å². The summed E-state index contributed by atoms with van der Waals surface area (Å²) in [6.07, 6.45) is -3.56. The van der Waals surface area contributed by atoms with Crippen molar-refractivity contribution in [2.75, 3.05) is 6.54 Å². The summed E-state index contributed by atoms with van der Waals surface area (Å²) in [5.41, 5.74) is -0.890. The van der Waals surface area contributed by atoms with E-state index in [0.717, 1.165) is 24.2 Å². The van der Waals surface area contributed by atoms with Crippen LogP contribution in [0.4, 0.5) is 13.2 Å². The second-order valence-electron chi connectivity index (χ2n) is 5.94. The molecule has 1 aliphatic heterocycles. The molecule has 0 saturated heterocycles. The molecule has 0 saturated carbocycles. The first kappa shape index (κ1) is 16.4. The minimum Gasteiger partial charge on any atom is -0.329 e. The van der Waals surface area contributed by atoms with E-state index in [9.17, 15) is 18.0 Å². The van der Waals surface area contributed by atoms with Gasteiger partial charge in [-0.05, 0) is 12.1 Å². The molecule has 0 atom stereocenters. The Morgan fingerprint density at radius 2 is 1.96 bits per heavy atom. The summed E-state index contributed by atoms with van der Waals surface area (Å²) in [5.74, 6) is 1.41. The van der Waals surface area contributed by atoms with Crippen LogP contribution in [-0.4, -0.2) is 37.1 Å². The van der Waals surface area contributed by atoms with Gasteiger partial charge in [0.25, 0.3) is 5.91 Å². The fourth-order valence-electron chi connectivity index (χ4n) is 2.65. The van der Waals surface area contributed by atoms with Crippen molar-refractivity contribution in [1.82, 2.24) is 24.6 Å². The number of fused-ring (bicyclic) bond motifs is 1. The van der Waals surface area contributed by atoms with Crippen LogP contribution in [0.3, 0.4) is 0 Å². The molecular weight excluding hydrogens is 323 g/mol. The van der Waals surface area contributed by atoms with Crippen molar-refractivity contribution < 1.29 is 18.0 Å². The number of nitrogens with zero attached hydrogens (tertiary/aromatic N) is 5. The Morgan fingerprint density at radius 1 is 1.21 bits per heavy atom. The van der Waals surface area contributed by atoms with Crippen molar-refractivity contribution in [3.05, 3.63) is 41.2 Å². The maximum atomic E-state index is 12.5. The molecule has 0 unspecified atom stereocenters. The number of hydrogen-bond donors (Lipinski definition) is 0. The molecule has 0 aliphatic carbocycles. The summed E-state index contributed by atoms with van der Waals surface area (Å²) >= 11 is 0. The molecule has 6 nitrogen and oxygen atoms in total. The standard InChI is InChI=1S/C15H16F3N5O/c1-9(2)13-21-20-12-8-22(5-6-23(12)13)14(24)10-3-4-11(19-7-10)15(16,17)18/h3-4,7,9H,5-6,8H2,1-2H3. The molecule has 1 amide bonds. The summed E-state index contributed by atoms with van der Waals surface area (Å²) in [7, 11) is 0. The molecule has 9 heteroatoms. The van der Waals surface area contributed by atoms with Gasteiger partial charge in [-0.1, -0.05) is 13.8 Å². The first-order chi connectivity index (χ1) is 11.3. The number of rotatable bonds is 2. The van der Waals surface area contributed by atoms with E-state index in [2.05, 4.69) is 15.2 Å². The Bertz CT molecular complexity index is 751. The molecule has 1 aliphatic rings. The maximum Gasteiger partial charge on any atom is 0.433 e. The molecule has 3 heterocycles. The number of alkyl halides is 3. The van der Waals surface area contributed by atoms with Gasteiger partial charge in [0, 0.05) is 25.2 Å². The molecule has 0 fully saturated rings. The van der Waals surface area contributed by atoms with Crippen molar-refractivity contribution in [2.24, 2.45) is 0 Å². The van der Waals surface area contributed by atoms with Crippen LogP contribution in [0.1, 0.15) is 47.5 Å². The van der Waals surface area contributed by atoms with Crippen LogP contribution in [0.2, 0.25) is 0 Å². The quantitative estimate of drug-likeness (QED) is 0.843. The highest BCUT2D eigenvalue weighted by Gasteiger charge is 2.33. The Hall–Kier alpha value is -2.45. The van der Waals surface area contributed by atoms with Gasteiger partial charge >= 0.3 is 6.18 Å². The van der Waals surface area contributed by atoms with Crippen LogP contribution in [-0.2, 0) is 19.3 Å². The third-order valence-corrected chi connectivity index (χ3v) is 3.89. The van der Waals surface area contributed by atoms with Crippen LogP contribution in [0.25, 0.3) is 0 Å². The fraction of sp³-hybridized carbons (Fsp3) is 0.467. The first-order valence-electron chi connectivity index (χ1n) is 7.52. The van der Waals surface area contributed by atoms with E-state index in [4.69, 9.17) is 0 Å². The normalized spacial score (nSPS) is 14.8. The Balaban J connectivity index is 1.77. The molecule has 0 N–H and O–H groups in total. The SMILES string of the molecule is CC(C)c1nnc2n1CCN(C(=O)c1ccc(C(F)(F)F)nc1)C2. The molecule has 0 spiro atoms. The van der Waals surface area contributed by atoms with Gasteiger partial charge in [0.05, 0.1) is 12.1 Å². The number of amides is 1. The number of carbonyl (C=O) groups is 1. The van der Waals surface area contributed by atoms with E-state index < -0.39 is 11.9 Å². The Labute approximate surface area is 136 Å². The van der Waals surface area contributed by atoms with Crippen molar-refractivity contribution in [3.63, 3.8) is 0 Å². The minimum absolute atomic E-state index is 0.125. The van der Waals surface area contributed by atoms with Gasteiger partial charge in [-0.25, -0.2) is 0 Å². The third-order valence-electron chi connectivity index (χ3n) is 3.89. The molecular formula is C15H16F3N5O. The molecule has 0 bridgehead atoms. The topological polar surface area (TPSA) is 63.9 Å². The van der Waals surface area contributed by atoms with Crippen molar-refractivity contribution in [1.29, 1.82) is 0 Å². The Morgan fingerprint density at radius 3 is 2.54 bits per heavy atom. The Kier molecular flexibility index (Phi) is 4.02. The number of pyridine rings is 1. The lowest BCUT2D eigenvalue weighted by Gasteiger charge is -2.28. The van der Waals surface area contributed by atoms with E-state index in [1.54, 1.807) is 4.90 Å². The van der Waals surface area contributed by atoms with Gasteiger partial charge in [0.1, 0.15) is 11.5 Å². The zero-order chi connectivity index (χ0) is 17.5. The third kappa shape index (κ3) is 2.98. The zero-order valence-electron chi connectivity index (χ0n) is 13.2. The van der Waals surface area contributed by atoms with Crippen molar-refractivity contribution in [2.45, 2.75) is 39.0 Å². The summed E-state index contributed by atoms with van der Waals surface area (Å²) < 4.78 is 39.6. The summed E-state index contributed by atoms with van der Waals surface area (Å²) in [4.78, 5) is 17.3. The van der Waals surface area contributed by atoms with E-state index in [0.29, 0.717) is 18.9 Å². The van der Waals surface area contributed by atoms with Crippen molar-refractivity contribution in [3.8, 4) is 0 Å². The van der Waals surface area contributed by atoms with Crippen LogP contribution in [0.15, 0.2) is 18.3 Å². The van der Waals surface area contributed by atoms with E-state index in [1.165, 1.54) is 0 Å². The largest absolute Gasteiger partial charge is 0.433 e. The number of carbonyl (C=O) groups excluding carboxylic acids is 1. The summed E-state index contributed by atoms with van der Waals surface area (Å²) in [6.45, 7) is 5.32. The monoisotopic (exact) mass is 339 g/mol. The lowest BCUT2D eigenvalue weighted by Crippen LogP contribution is -2.39. The van der Waals surface area contributed by atoms with Crippen LogP contribution in [0.5, 0.6) is 0 Å². The average molecular weight is 339 g/mol. The molecule has 128 valence electrons. The van der Waals surface area contributed by atoms with Crippen LogP contribution >= 0.6 is 0 Å². The summed E-state index contributed by atoms with van der Waals surface area (Å²) in [5, 5.41) is 8.25. The number of halogens is 3. The second-order valence-corrected chi connectivity index (χ2v) is 5.94. The fourth-order valence-corrected chi connectivity index (χ4v) is 2.65. The lowest BCUT2D eigenvalue weighted by atomic mass is 10.2. The first-order valence-corrected chi connectivity index (χ1v) is 7.52. The smallest absolute Gasteiger partial charge is 0.329 e. The van der Waals surface area contributed by atoms with E-state index >= 15 is 0 Å². The van der Waals surface area contributed by atoms with Crippen LogP contribution < -0.4 is 0 Å². The van der Waals surface area contributed by atoms with Gasteiger partial charge in [-0.15, -0.1) is 10.2 Å². The minimum atomic E-state index is -4.52. The molecule has 0 radical (unpaired) electrons. The predicted octanol–water partition coefficient (Wildman–Crippen LogP) is 2.47. The molecule has 0 aromatic carbocycles. The highest BCUT2D eigenvalue weighted by Crippen LogP contribution is 2.27. The maximum absolute atomic E-state index is 12.5. The van der Waals surface area contributed by atoms with Gasteiger partial charge in [-0.2, -0.15) is 13.2 Å². The second kappa shape index (κ2) is 5.88. The molecule has 24 heavy (non-hydrogen) atoms. The summed E-state index contributed by atoms with van der Waals surface area (Å²) in [6, 6.07) is 1.97. The number of aromatic nitrogens is 4. The predicted molar refractivity (Wildman–Crippen MR) is 78.1 cm³/mol. The van der Waals surface area contributed by atoms with Gasteiger partial charge in [-0.3, -0.25) is 9.78 Å². The van der Waals surface area contributed by atoms with Crippen LogP contribution in [0, 0.1) is 0 Å². The molecule has 2 aromatic rings. The van der Waals surface area contributed by atoms with Crippen molar-refractivity contribution >= 4 is 5.91 Å². The molecule has 2 aromatic heterocycles. The van der Waals surface area contributed by atoms with Gasteiger partial charge in [0.2, 0.25) is 0 Å². The lowest BCUT2D eigenvalue weighted by molar-refractivity contribution is -0.141. The zero-order valence-corrected chi connectivity index (χ0v) is 13.2. The van der Waals surface area contributed by atoms with E-state index in [1.807, 2.05) is 18.4 Å². The van der Waals surface area contributed by atoms with Gasteiger partial charge < -0.3 is 9.47 Å². The average Bonchev–Trinajstić information content (AvgIpc) is 2.96. The molecule has 3 rings (SSSR count). The number of hydrogen-bond acceptors (Lipinski definition) is 4. The highest BCUT2D eigenvalue weighted by atomic mass is 19.4. The highest BCUT2D eigenvalue weighted by molar-refractivity contribution is 5.93. The van der Waals surface area contributed by atoms with Gasteiger partial charge in [0.15, 0.2) is 5.82 Å².